The predicted octanol–water partition coefficient (Wildman–Crippen LogP) is 2.26. The van der Waals surface area contributed by atoms with Crippen LogP contribution < -0.4 is 16.0 Å². The first-order chi connectivity index (χ1) is 14.6. The number of ether oxygens (including phenoxy) is 2. The van der Waals surface area contributed by atoms with Crippen LogP contribution in [0.15, 0.2) is 64.2 Å². The minimum absolute atomic E-state index is 0.285. The van der Waals surface area contributed by atoms with Gasteiger partial charge in [-0.3, -0.25) is 14.3 Å². The SMILES string of the molecule is COCCn1c(=O)[nH]c(=O)c2c1nc(-c1ccc(OC)cc1)n2Cc1ccccc1. The van der Waals surface area contributed by atoms with Crippen LogP contribution in [0.2, 0.25) is 0 Å². The molecule has 4 aromatic rings. The van der Waals surface area contributed by atoms with Gasteiger partial charge in [-0.15, -0.1) is 0 Å². The highest BCUT2D eigenvalue weighted by atomic mass is 16.5. The zero-order chi connectivity index (χ0) is 21.1. The fourth-order valence-corrected chi connectivity index (χ4v) is 3.44. The van der Waals surface area contributed by atoms with Crippen LogP contribution in [0.3, 0.4) is 0 Å². The first kappa shape index (κ1) is 19.7. The average molecular weight is 406 g/mol. The Morgan fingerprint density at radius 2 is 1.70 bits per heavy atom. The molecule has 30 heavy (non-hydrogen) atoms. The van der Waals surface area contributed by atoms with Crippen molar-refractivity contribution in [2.24, 2.45) is 0 Å². The molecule has 0 saturated carbocycles. The summed E-state index contributed by atoms with van der Waals surface area (Å²) in [5, 5.41) is 0. The van der Waals surface area contributed by atoms with Gasteiger partial charge in [-0.1, -0.05) is 30.3 Å². The summed E-state index contributed by atoms with van der Waals surface area (Å²) in [7, 11) is 3.17. The Bertz CT molecular complexity index is 1270. The molecule has 2 heterocycles. The van der Waals surface area contributed by atoms with Gasteiger partial charge in [-0.2, -0.15) is 0 Å². The highest BCUT2D eigenvalue weighted by molar-refractivity contribution is 5.77. The fourth-order valence-electron chi connectivity index (χ4n) is 3.44. The number of nitrogens with zero attached hydrogens (tertiary/aromatic N) is 3. The molecule has 0 spiro atoms. The molecule has 4 rings (SSSR count). The van der Waals surface area contributed by atoms with E-state index in [0.29, 0.717) is 30.1 Å². The molecular formula is C22H22N4O4. The van der Waals surface area contributed by atoms with E-state index < -0.39 is 11.2 Å². The normalized spacial score (nSPS) is 11.1. The van der Waals surface area contributed by atoms with E-state index in [4.69, 9.17) is 14.5 Å². The van der Waals surface area contributed by atoms with E-state index in [0.717, 1.165) is 16.9 Å². The van der Waals surface area contributed by atoms with Gasteiger partial charge in [-0.25, -0.2) is 9.78 Å². The molecule has 2 aromatic heterocycles. The van der Waals surface area contributed by atoms with E-state index >= 15 is 0 Å². The van der Waals surface area contributed by atoms with E-state index in [2.05, 4.69) is 4.98 Å². The molecule has 0 bridgehead atoms. The molecule has 0 amide bonds. The van der Waals surface area contributed by atoms with Crippen molar-refractivity contribution < 1.29 is 9.47 Å². The zero-order valence-electron chi connectivity index (χ0n) is 16.8. The summed E-state index contributed by atoms with van der Waals surface area (Å²) in [6.45, 7) is 1.04. The maximum Gasteiger partial charge on any atom is 0.330 e. The molecule has 0 fully saturated rings. The number of methoxy groups -OCH3 is 2. The Balaban J connectivity index is 1.98. The summed E-state index contributed by atoms with van der Waals surface area (Å²) in [6.07, 6.45) is 0. The molecule has 8 nitrogen and oxygen atoms in total. The van der Waals surface area contributed by atoms with Gasteiger partial charge in [0.25, 0.3) is 5.56 Å². The van der Waals surface area contributed by atoms with Crippen molar-refractivity contribution in [1.29, 1.82) is 0 Å². The molecule has 2 aromatic carbocycles. The molecule has 1 N–H and O–H groups in total. The minimum Gasteiger partial charge on any atom is -0.497 e. The Morgan fingerprint density at radius 3 is 2.37 bits per heavy atom. The van der Waals surface area contributed by atoms with Crippen molar-refractivity contribution in [3.8, 4) is 17.1 Å². The molecule has 154 valence electrons. The zero-order valence-corrected chi connectivity index (χ0v) is 16.8. The topological polar surface area (TPSA) is 91.1 Å². The number of hydrogen-bond acceptors (Lipinski definition) is 5. The molecule has 0 atom stereocenters. The van der Waals surface area contributed by atoms with Crippen molar-refractivity contribution in [2.45, 2.75) is 13.1 Å². The third kappa shape index (κ3) is 3.65. The number of benzene rings is 2. The van der Waals surface area contributed by atoms with E-state index in [1.807, 2.05) is 59.2 Å². The molecule has 0 aliphatic carbocycles. The summed E-state index contributed by atoms with van der Waals surface area (Å²) in [5.41, 5.74) is 1.54. The van der Waals surface area contributed by atoms with Crippen molar-refractivity contribution in [1.82, 2.24) is 19.1 Å². The number of fused-ring (bicyclic) bond motifs is 1. The predicted molar refractivity (Wildman–Crippen MR) is 114 cm³/mol. The van der Waals surface area contributed by atoms with Gasteiger partial charge in [0.15, 0.2) is 11.2 Å². The van der Waals surface area contributed by atoms with E-state index in [9.17, 15) is 9.59 Å². The lowest BCUT2D eigenvalue weighted by Crippen LogP contribution is -2.32. The number of H-pyrrole nitrogens is 1. The second-order valence-corrected chi connectivity index (χ2v) is 6.81. The van der Waals surface area contributed by atoms with Gasteiger partial charge in [0.1, 0.15) is 11.6 Å². The van der Waals surface area contributed by atoms with Crippen LogP contribution in [-0.2, 0) is 17.8 Å². The second kappa shape index (κ2) is 8.38. The van der Waals surface area contributed by atoms with Gasteiger partial charge in [-0.05, 0) is 29.8 Å². The molecule has 0 radical (unpaired) electrons. The Hall–Kier alpha value is -3.65. The molecule has 0 unspecified atom stereocenters. The molecule has 0 aliphatic heterocycles. The average Bonchev–Trinajstić information content (AvgIpc) is 3.14. The van der Waals surface area contributed by atoms with E-state index in [-0.39, 0.29) is 6.54 Å². The Kier molecular flexibility index (Phi) is 5.49. The van der Waals surface area contributed by atoms with Gasteiger partial charge in [0, 0.05) is 19.2 Å². The first-order valence-electron chi connectivity index (χ1n) is 9.53. The largest absolute Gasteiger partial charge is 0.497 e. The minimum atomic E-state index is -0.504. The quantitative estimate of drug-likeness (QED) is 0.508. The highest BCUT2D eigenvalue weighted by Crippen LogP contribution is 2.25. The lowest BCUT2D eigenvalue weighted by atomic mass is 10.2. The number of aromatic nitrogens is 4. The van der Waals surface area contributed by atoms with Crippen molar-refractivity contribution in [3.63, 3.8) is 0 Å². The van der Waals surface area contributed by atoms with Crippen LogP contribution in [0.25, 0.3) is 22.6 Å². The number of hydrogen-bond donors (Lipinski definition) is 1. The molecule has 0 saturated heterocycles. The molecule has 0 aliphatic rings. The summed E-state index contributed by atoms with van der Waals surface area (Å²) >= 11 is 0. The third-order valence-corrected chi connectivity index (χ3v) is 4.94. The summed E-state index contributed by atoms with van der Waals surface area (Å²) in [4.78, 5) is 32.4. The smallest absolute Gasteiger partial charge is 0.330 e. The maximum atomic E-state index is 12.8. The van der Waals surface area contributed by atoms with Crippen molar-refractivity contribution in [2.75, 3.05) is 20.8 Å². The second-order valence-electron chi connectivity index (χ2n) is 6.81. The number of nitrogens with one attached hydrogen (secondary N) is 1. The highest BCUT2D eigenvalue weighted by Gasteiger charge is 2.20. The summed E-state index contributed by atoms with van der Waals surface area (Å²) in [5.74, 6) is 1.32. The third-order valence-electron chi connectivity index (χ3n) is 4.94. The molecule has 8 heteroatoms. The van der Waals surface area contributed by atoms with E-state index in [1.165, 1.54) is 4.57 Å². The van der Waals surface area contributed by atoms with Crippen molar-refractivity contribution in [3.05, 3.63) is 81.0 Å². The number of rotatable bonds is 7. The summed E-state index contributed by atoms with van der Waals surface area (Å²) in [6, 6.07) is 17.2. The maximum absolute atomic E-state index is 12.8. The monoisotopic (exact) mass is 406 g/mol. The van der Waals surface area contributed by atoms with Crippen molar-refractivity contribution >= 4 is 11.2 Å². The van der Waals surface area contributed by atoms with Crippen LogP contribution in [0.4, 0.5) is 0 Å². The first-order valence-corrected chi connectivity index (χ1v) is 9.53. The van der Waals surface area contributed by atoms with Crippen LogP contribution >= 0.6 is 0 Å². The Morgan fingerprint density at radius 1 is 0.967 bits per heavy atom. The van der Waals surface area contributed by atoms with E-state index in [1.54, 1.807) is 14.2 Å². The summed E-state index contributed by atoms with van der Waals surface area (Å²) < 4.78 is 13.6. The fraction of sp³-hybridized carbons (Fsp3) is 0.227. The van der Waals surface area contributed by atoms with Gasteiger partial charge in [0.2, 0.25) is 0 Å². The number of aromatic amines is 1. The lowest BCUT2D eigenvalue weighted by Gasteiger charge is -2.10. The molecular weight excluding hydrogens is 384 g/mol. The van der Waals surface area contributed by atoms with Crippen LogP contribution in [-0.4, -0.2) is 39.9 Å². The van der Waals surface area contributed by atoms with Gasteiger partial charge < -0.3 is 14.0 Å². The van der Waals surface area contributed by atoms with Gasteiger partial charge >= 0.3 is 5.69 Å². The standard InChI is InChI=1S/C22H22N4O4/c1-29-13-12-25-20-18(21(27)24-22(25)28)26(14-15-6-4-3-5-7-15)19(23-20)16-8-10-17(30-2)11-9-16/h3-11H,12-14H2,1-2H3,(H,24,27,28). The van der Waals surface area contributed by atoms with Crippen LogP contribution in [0.5, 0.6) is 5.75 Å². The Labute approximate surface area is 172 Å². The van der Waals surface area contributed by atoms with Crippen LogP contribution in [0, 0.1) is 0 Å². The lowest BCUT2D eigenvalue weighted by molar-refractivity contribution is 0.187. The number of imidazole rings is 1. The van der Waals surface area contributed by atoms with Crippen LogP contribution in [0.1, 0.15) is 5.56 Å². The van der Waals surface area contributed by atoms with Gasteiger partial charge in [0.05, 0.1) is 20.3 Å².